The van der Waals surface area contributed by atoms with Crippen molar-refractivity contribution in [1.29, 1.82) is 0 Å². The summed E-state index contributed by atoms with van der Waals surface area (Å²) in [5.74, 6) is -0.613. The second-order valence-corrected chi connectivity index (χ2v) is 6.41. The summed E-state index contributed by atoms with van der Waals surface area (Å²) in [5, 5.41) is 2.68. The summed E-state index contributed by atoms with van der Waals surface area (Å²) in [7, 11) is -3.02. The first-order chi connectivity index (χ1) is 8.48. The van der Waals surface area contributed by atoms with E-state index in [4.69, 9.17) is 9.47 Å². The maximum atomic E-state index is 11.8. The molecule has 0 aliphatic carbocycles. The van der Waals surface area contributed by atoms with E-state index in [-0.39, 0.29) is 24.0 Å². The van der Waals surface area contributed by atoms with Crippen LogP contribution in [0.25, 0.3) is 0 Å². The molecule has 106 valence electrons. The molecule has 1 amide bonds. The Balaban J connectivity index is 2.36. The fraction of sp³-hybridized carbons (Fsp3) is 0.909. The molecule has 1 atom stereocenters. The third-order valence-corrected chi connectivity index (χ3v) is 4.52. The van der Waals surface area contributed by atoms with Crippen molar-refractivity contribution < 1.29 is 22.7 Å². The number of hydrogen-bond donors (Lipinski definition) is 1. The van der Waals surface area contributed by atoms with Gasteiger partial charge in [-0.2, -0.15) is 0 Å². The average molecular weight is 279 g/mol. The highest BCUT2D eigenvalue weighted by atomic mass is 32.2. The van der Waals surface area contributed by atoms with Crippen molar-refractivity contribution in [1.82, 2.24) is 5.32 Å². The van der Waals surface area contributed by atoms with Gasteiger partial charge in [-0.1, -0.05) is 0 Å². The molecule has 1 N–H and O–H groups in total. The molecule has 1 fully saturated rings. The van der Waals surface area contributed by atoms with E-state index in [9.17, 15) is 13.2 Å². The topological polar surface area (TPSA) is 81.7 Å². The van der Waals surface area contributed by atoms with Gasteiger partial charge in [-0.05, 0) is 20.3 Å². The smallest absolute Gasteiger partial charge is 0.224 e. The minimum Gasteiger partial charge on any atom is -0.351 e. The summed E-state index contributed by atoms with van der Waals surface area (Å²) in [6.07, 6.45) is -0.0655. The van der Waals surface area contributed by atoms with Gasteiger partial charge >= 0.3 is 0 Å². The molecule has 0 radical (unpaired) electrons. The highest BCUT2D eigenvalue weighted by Crippen LogP contribution is 2.18. The number of hydrogen-bond acceptors (Lipinski definition) is 5. The Kier molecular flexibility index (Phi) is 6.04. The molecule has 0 saturated carbocycles. The molecule has 1 unspecified atom stereocenters. The fourth-order valence-electron chi connectivity index (χ4n) is 1.87. The number of carbonyl (C=O) groups excluding carboxylic acids is 1. The van der Waals surface area contributed by atoms with Crippen LogP contribution in [0.15, 0.2) is 0 Å². The van der Waals surface area contributed by atoms with Crippen LogP contribution in [-0.2, 0) is 24.1 Å². The van der Waals surface area contributed by atoms with Crippen LogP contribution in [0.2, 0.25) is 0 Å². The van der Waals surface area contributed by atoms with Crippen LogP contribution in [0.5, 0.6) is 0 Å². The van der Waals surface area contributed by atoms with Crippen LogP contribution in [0, 0.1) is 5.92 Å². The Hall–Kier alpha value is -0.660. The summed E-state index contributed by atoms with van der Waals surface area (Å²) in [6, 6.07) is 0. The molecule has 0 spiro atoms. The largest absolute Gasteiger partial charge is 0.351 e. The maximum Gasteiger partial charge on any atom is 0.224 e. The standard InChI is InChI=1S/C11H21NO5S/c1-3-16-10(17-4-2)7-12-11(13)9-5-6-18(14,15)8-9/h9-10H,3-8H2,1-2H3,(H,12,13). The first-order valence-electron chi connectivity index (χ1n) is 6.19. The summed E-state index contributed by atoms with van der Waals surface area (Å²) in [5.41, 5.74) is 0. The van der Waals surface area contributed by atoms with Crippen molar-refractivity contribution in [3.63, 3.8) is 0 Å². The van der Waals surface area contributed by atoms with Crippen molar-refractivity contribution in [3.05, 3.63) is 0 Å². The molecule has 7 heteroatoms. The van der Waals surface area contributed by atoms with Crippen molar-refractivity contribution in [2.75, 3.05) is 31.3 Å². The Bertz CT molecular complexity index is 362. The van der Waals surface area contributed by atoms with Crippen molar-refractivity contribution in [2.24, 2.45) is 5.92 Å². The van der Waals surface area contributed by atoms with Gasteiger partial charge in [0.2, 0.25) is 5.91 Å². The lowest BCUT2D eigenvalue weighted by Crippen LogP contribution is -2.39. The first kappa shape index (κ1) is 15.4. The van der Waals surface area contributed by atoms with Gasteiger partial charge in [0.1, 0.15) is 0 Å². The highest BCUT2D eigenvalue weighted by molar-refractivity contribution is 7.91. The average Bonchev–Trinajstić information content (AvgIpc) is 2.67. The molecule has 0 aromatic rings. The number of nitrogens with one attached hydrogen (secondary N) is 1. The van der Waals surface area contributed by atoms with Crippen LogP contribution in [0.1, 0.15) is 20.3 Å². The quantitative estimate of drug-likeness (QED) is 0.660. The molecule has 1 aliphatic rings. The molecular formula is C11H21NO5S. The van der Waals surface area contributed by atoms with Crippen molar-refractivity contribution in [2.45, 2.75) is 26.6 Å². The van der Waals surface area contributed by atoms with E-state index >= 15 is 0 Å². The minimum absolute atomic E-state index is 0.0488. The zero-order valence-electron chi connectivity index (χ0n) is 10.8. The van der Waals surface area contributed by atoms with Gasteiger partial charge in [0.05, 0.1) is 24.0 Å². The van der Waals surface area contributed by atoms with Crippen LogP contribution in [0.3, 0.4) is 0 Å². The van der Waals surface area contributed by atoms with E-state index in [2.05, 4.69) is 5.32 Å². The van der Waals surface area contributed by atoms with E-state index in [1.807, 2.05) is 13.8 Å². The normalized spacial score (nSPS) is 22.3. The highest BCUT2D eigenvalue weighted by Gasteiger charge is 2.33. The summed E-state index contributed by atoms with van der Waals surface area (Å²) in [6.45, 7) is 4.93. The lowest BCUT2D eigenvalue weighted by molar-refractivity contribution is -0.141. The molecule has 1 rings (SSSR count). The van der Waals surface area contributed by atoms with Gasteiger partial charge in [0, 0.05) is 13.2 Å². The predicted octanol–water partition coefficient (Wildman–Crippen LogP) is -0.0636. The predicted molar refractivity (Wildman–Crippen MR) is 66.8 cm³/mol. The SMILES string of the molecule is CCOC(CNC(=O)C1CCS(=O)(=O)C1)OCC. The second-order valence-electron chi connectivity index (χ2n) is 4.19. The van der Waals surface area contributed by atoms with Gasteiger partial charge in [-0.15, -0.1) is 0 Å². The fourth-order valence-corrected chi connectivity index (χ4v) is 3.61. The maximum absolute atomic E-state index is 11.8. The van der Waals surface area contributed by atoms with E-state index in [0.29, 0.717) is 19.6 Å². The van der Waals surface area contributed by atoms with Crippen LogP contribution in [-0.4, -0.2) is 51.9 Å². The van der Waals surface area contributed by atoms with Crippen LogP contribution >= 0.6 is 0 Å². The minimum atomic E-state index is -3.02. The van der Waals surface area contributed by atoms with Crippen LogP contribution in [0.4, 0.5) is 0 Å². The Labute approximate surface area is 108 Å². The molecule has 1 aliphatic heterocycles. The lowest BCUT2D eigenvalue weighted by Gasteiger charge is -2.18. The van der Waals surface area contributed by atoms with Gasteiger partial charge < -0.3 is 14.8 Å². The monoisotopic (exact) mass is 279 g/mol. The number of amides is 1. The first-order valence-corrected chi connectivity index (χ1v) is 8.02. The zero-order chi connectivity index (χ0) is 13.6. The third kappa shape index (κ3) is 4.91. The third-order valence-electron chi connectivity index (χ3n) is 2.75. The number of ether oxygens (including phenoxy) is 2. The molecule has 1 heterocycles. The molecule has 18 heavy (non-hydrogen) atoms. The second kappa shape index (κ2) is 7.06. The van der Waals surface area contributed by atoms with E-state index in [1.54, 1.807) is 0 Å². The van der Waals surface area contributed by atoms with Gasteiger partial charge in [0.15, 0.2) is 16.1 Å². The molecule has 0 aromatic carbocycles. The van der Waals surface area contributed by atoms with Crippen molar-refractivity contribution in [3.8, 4) is 0 Å². The van der Waals surface area contributed by atoms with E-state index in [0.717, 1.165) is 0 Å². The summed E-state index contributed by atoms with van der Waals surface area (Å²) >= 11 is 0. The zero-order valence-corrected chi connectivity index (χ0v) is 11.7. The Morgan fingerprint density at radius 1 is 1.33 bits per heavy atom. The van der Waals surface area contributed by atoms with Gasteiger partial charge in [-0.3, -0.25) is 4.79 Å². The van der Waals surface area contributed by atoms with Crippen LogP contribution < -0.4 is 5.32 Å². The molecule has 6 nitrogen and oxygen atoms in total. The van der Waals surface area contributed by atoms with E-state index in [1.165, 1.54) is 0 Å². The Morgan fingerprint density at radius 2 is 1.94 bits per heavy atom. The van der Waals surface area contributed by atoms with E-state index < -0.39 is 22.0 Å². The number of rotatable bonds is 7. The van der Waals surface area contributed by atoms with Crippen molar-refractivity contribution >= 4 is 15.7 Å². The summed E-state index contributed by atoms with van der Waals surface area (Å²) < 4.78 is 33.1. The molecule has 1 saturated heterocycles. The molecule has 0 aromatic heterocycles. The lowest BCUT2D eigenvalue weighted by atomic mass is 10.1. The molecule has 0 bridgehead atoms. The number of carbonyl (C=O) groups is 1. The van der Waals surface area contributed by atoms with Gasteiger partial charge in [-0.25, -0.2) is 8.42 Å². The Morgan fingerprint density at radius 3 is 2.39 bits per heavy atom. The number of sulfone groups is 1. The molecular weight excluding hydrogens is 258 g/mol. The van der Waals surface area contributed by atoms with Gasteiger partial charge in [0.25, 0.3) is 0 Å². The summed E-state index contributed by atoms with van der Waals surface area (Å²) in [4.78, 5) is 11.8.